The normalized spacial score (nSPS) is 11.6. The number of rotatable bonds is 3. The van der Waals surface area contributed by atoms with Gasteiger partial charge in [-0.1, -0.05) is 18.2 Å². The van der Waals surface area contributed by atoms with Crippen molar-refractivity contribution in [3.05, 3.63) is 82.7 Å². The smallest absolute Gasteiger partial charge is 0.292 e. The maximum Gasteiger partial charge on any atom is 0.330 e. The van der Waals surface area contributed by atoms with E-state index in [1.807, 2.05) is 24.3 Å². The number of hydrogen-bond donors (Lipinski definition) is 0. The average Bonchev–Trinajstić information content (AvgIpc) is 3.25. The number of benzene rings is 2. The molecule has 0 amide bonds. The van der Waals surface area contributed by atoms with Crippen molar-refractivity contribution in [3.8, 4) is 5.95 Å². The fraction of sp³-hybridized carbons (Fsp3) is 0.100. The molecule has 0 N–H and O–H groups in total. The van der Waals surface area contributed by atoms with E-state index in [-0.39, 0.29) is 17.8 Å². The van der Waals surface area contributed by atoms with Gasteiger partial charge in [0, 0.05) is 18.7 Å². The van der Waals surface area contributed by atoms with Gasteiger partial charge in [-0.05, 0) is 18.2 Å². The maximum atomic E-state index is 14.1. The fourth-order valence-electron chi connectivity index (χ4n) is 3.36. The molecule has 5 rings (SSSR count). The molecule has 0 atom stereocenters. The van der Waals surface area contributed by atoms with Crippen LogP contribution in [0.2, 0.25) is 0 Å². The van der Waals surface area contributed by atoms with Crippen LogP contribution < -0.4 is 5.69 Å². The monoisotopic (exact) mass is 392 g/mol. The highest BCUT2D eigenvalue weighted by Crippen LogP contribution is 2.18. The van der Waals surface area contributed by atoms with Crippen molar-refractivity contribution in [1.82, 2.24) is 28.7 Å². The van der Waals surface area contributed by atoms with Crippen molar-refractivity contribution in [2.24, 2.45) is 7.05 Å². The minimum absolute atomic E-state index is 0.0799. The van der Waals surface area contributed by atoms with Crippen LogP contribution in [0.3, 0.4) is 0 Å². The summed E-state index contributed by atoms with van der Waals surface area (Å²) in [5, 5.41) is 0. The highest BCUT2D eigenvalue weighted by atomic mass is 19.1. The van der Waals surface area contributed by atoms with Gasteiger partial charge in [0.05, 0.1) is 23.8 Å². The predicted octanol–water partition coefficient (Wildman–Crippen LogP) is 2.80. The molecule has 0 radical (unpaired) electrons. The second kappa shape index (κ2) is 6.33. The Hall–Kier alpha value is -3.88. The summed E-state index contributed by atoms with van der Waals surface area (Å²) >= 11 is 0. The largest absolute Gasteiger partial charge is 0.330 e. The Morgan fingerprint density at radius 2 is 1.86 bits per heavy atom. The molecular weight excluding hydrogens is 378 g/mol. The van der Waals surface area contributed by atoms with E-state index in [1.165, 1.54) is 15.2 Å². The number of hydrogen-bond acceptors (Lipinski definition) is 4. The van der Waals surface area contributed by atoms with Gasteiger partial charge in [-0.25, -0.2) is 23.5 Å². The summed E-state index contributed by atoms with van der Waals surface area (Å²) in [6.07, 6.45) is 3.15. The third kappa shape index (κ3) is 2.70. The molecule has 0 aliphatic carbocycles. The van der Waals surface area contributed by atoms with E-state index < -0.39 is 11.6 Å². The van der Waals surface area contributed by atoms with Crippen LogP contribution in [0.5, 0.6) is 0 Å². The second-order valence-corrected chi connectivity index (χ2v) is 6.65. The molecule has 0 spiro atoms. The van der Waals surface area contributed by atoms with Gasteiger partial charge < -0.3 is 0 Å². The molecule has 0 fully saturated rings. The number of para-hydroxylation sites is 2. The summed E-state index contributed by atoms with van der Waals surface area (Å²) in [5.74, 6) is -1.05. The zero-order chi connectivity index (χ0) is 20.1. The van der Waals surface area contributed by atoms with Gasteiger partial charge in [0.1, 0.15) is 23.5 Å². The number of imidazole rings is 2. The summed E-state index contributed by atoms with van der Waals surface area (Å²) in [6, 6.07) is 10.8. The van der Waals surface area contributed by atoms with E-state index in [9.17, 15) is 13.6 Å². The topological polar surface area (TPSA) is 70.5 Å². The Morgan fingerprint density at radius 3 is 2.69 bits per heavy atom. The lowest BCUT2D eigenvalue weighted by Gasteiger charge is -2.06. The Morgan fingerprint density at radius 1 is 1.03 bits per heavy atom. The summed E-state index contributed by atoms with van der Waals surface area (Å²) in [5.41, 5.74) is 2.28. The predicted molar refractivity (Wildman–Crippen MR) is 103 cm³/mol. The van der Waals surface area contributed by atoms with Crippen molar-refractivity contribution < 1.29 is 8.78 Å². The summed E-state index contributed by atoms with van der Waals surface area (Å²) in [6.45, 7) is -0.0799. The van der Waals surface area contributed by atoms with Crippen molar-refractivity contribution >= 4 is 22.2 Å². The Balaban J connectivity index is 1.69. The van der Waals surface area contributed by atoms with Gasteiger partial charge in [-0.2, -0.15) is 4.98 Å². The summed E-state index contributed by atoms with van der Waals surface area (Å²) in [7, 11) is 1.60. The summed E-state index contributed by atoms with van der Waals surface area (Å²) < 4.78 is 31.8. The van der Waals surface area contributed by atoms with Gasteiger partial charge in [0.15, 0.2) is 5.65 Å². The third-order valence-electron chi connectivity index (χ3n) is 4.88. The zero-order valence-corrected chi connectivity index (χ0v) is 15.3. The third-order valence-corrected chi connectivity index (χ3v) is 4.88. The van der Waals surface area contributed by atoms with Crippen LogP contribution in [-0.2, 0) is 13.6 Å². The molecule has 0 aliphatic rings. The standard InChI is InChI=1S/C20H14F2N6O/c1-26-17-9-23-19(28-11-24-15-4-2-3-5-16(15)28)25-18(17)27(20(26)29)10-12-6-7-13(21)8-14(12)22/h2-9,11H,10H2,1H3. The first-order valence-electron chi connectivity index (χ1n) is 8.81. The molecule has 3 heterocycles. The number of fused-ring (bicyclic) bond motifs is 2. The number of halogens is 2. The molecule has 2 aromatic carbocycles. The van der Waals surface area contributed by atoms with E-state index in [0.717, 1.165) is 23.2 Å². The van der Waals surface area contributed by atoms with E-state index in [1.54, 1.807) is 24.1 Å². The fourth-order valence-corrected chi connectivity index (χ4v) is 3.36. The minimum Gasteiger partial charge on any atom is -0.292 e. The van der Waals surface area contributed by atoms with Crippen molar-refractivity contribution in [2.45, 2.75) is 6.54 Å². The van der Waals surface area contributed by atoms with Crippen LogP contribution in [0.25, 0.3) is 28.1 Å². The SMILES string of the molecule is Cn1c(=O)n(Cc2ccc(F)cc2F)c2nc(-n3cnc4ccccc43)ncc21. The first-order chi connectivity index (χ1) is 14.0. The van der Waals surface area contributed by atoms with E-state index in [0.29, 0.717) is 17.1 Å². The molecule has 29 heavy (non-hydrogen) atoms. The Kier molecular flexibility index (Phi) is 3.76. The van der Waals surface area contributed by atoms with Gasteiger partial charge in [0.2, 0.25) is 5.95 Å². The molecule has 9 heteroatoms. The molecule has 7 nitrogen and oxygen atoms in total. The van der Waals surface area contributed by atoms with Crippen molar-refractivity contribution in [1.29, 1.82) is 0 Å². The quantitative estimate of drug-likeness (QED) is 0.473. The zero-order valence-electron chi connectivity index (χ0n) is 15.3. The second-order valence-electron chi connectivity index (χ2n) is 6.65. The first-order valence-corrected chi connectivity index (χ1v) is 8.81. The number of aromatic nitrogens is 6. The van der Waals surface area contributed by atoms with Crippen LogP contribution in [0.1, 0.15) is 5.56 Å². The van der Waals surface area contributed by atoms with Crippen LogP contribution in [-0.4, -0.2) is 28.7 Å². The molecule has 0 bridgehead atoms. The van der Waals surface area contributed by atoms with Crippen LogP contribution in [0.15, 0.2) is 59.8 Å². The lowest BCUT2D eigenvalue weighted by molar-refractivity contribution is 0.564. The molecule has 144 valence electrons. The molecule has 3 aromatic heterocycles. The average molecular weight is 392 g/mol. The summed E-state index contributed by atoms with van der Waals surface area (Å²) in [4.78, 5) is 26.0. The highest BCUT2D eigenvalue weighted by Gasteiger charge is 2.17. The van der Waals surface area contributed by atoms with Crippen LogP contribution in [0.4, 0.5) is 8.78 Å². The Bertz CT molecular complexity index is 1450. The van der Waals surface area contributed by atoms with E-state index in [2.05, 4.69) is 15.0 Å². The highest BCUT2D eigenvalue weighted by molar-refractivity contribution is 5.77. The lowest BCUT2D eigenvalue weighted by atomic mass is 10.2. The van der Waals surface area contributed by atoms with Gasteiger partial charge in [-0.15, -0.1) is 0 Å². The van der Waals surface area contributed by atoms with E-state index >= 15 is 0 Å². The molecule has 5 aromatic rings. The van der Waals surface area contributed by atoms with Gasteiger partial charge in [0.25, 0.3) is 0 Å². The molecule has 0 saturated carbocycles. The molecular formula is C20H14F2N6O. The maximum absolute atomic E-state index is 14.1. The van der Waals surface area contributed by atoms with Gasteiger partial charge >= 0.3 is 5.69 Å². The molecule has 0 saturated heterocycles. The van der Waals surface area contributed by atoms with Gasteiger partial charge in [-0.3, -0.25) is 13.7 Å². The van der Waals surface area contributed by atoms with Crippen molar-refractivity contribution in [2.75, 3.05) is 0 Å². The van der Waals surface area contributed by atoms with Crippen LogP contribution >= 0.6 is 0 Å². The van der Waals surface area contributed by atoms with E-state index in [4.69, 9.17) is 0 Å². The first kappa shape index (κ1) is 17.2. The number of nitrogens with zero attached hydrogens (tertiary/aromatic N) is 6. The minimum atomic E-state index is -0.719. The molecule has 0 unspecified atom stereocenters. The van der Waals surface area contributed by atoms with Crippen LogP contribution in [0, 0.1) is 11.6 Å². The molecule has 0 aliphatic heterocycles. The Labute approximate surface area is 162 Å². The lowest BCUT2D eigenvalue weighted by Crippen LogP contribution is -2.23. The van der Waals surface area contributed by atoms with Crippen molar-refractivity contribution in [3.63, 3.8) is 0 Å². The number of aryl methyl sites for hydroxylation is 1.